The molecule has 1 unspecified atom stereocenters. The van der Waals surface area contributed by atoms with Gasteiger partial charge in [0.05, 0.1) is 5.69 Å². The van der Waals surface area contributed by atoms with Gasteiger partial charge in [-0.1, -0.05) is 22.9 Å². The Hall–Kier alpha value is -1.33. The second kappa shape index (κ2) is 5.22. The van der Waals surface area contributed by atoms with E-state index in [-0.39, 0.29) is 12.1 Å². The van der Waals surface area contributed by atoms with Gasteiger partial charge in [-0.05, 0) is 24.6 Å². The predicted octanol–water partition coefficient (Wildman–Crippen LogP) is 3.27. The van der Waals surface area contributed by atoms with E-state index in [0.29, 0.717) is 0 Å². The maximum Gasteiger partial charge on any atom is 0.129 e. The highest BCUT2D eigenvalue weighted by Gasteiger charge is 2.29. The number of rotatable bonds is 2. The lowest BCUT2D eigenvalue weighted by atomic mass is 9.93. The van der Waals surface area contributed by atoms with Gasteiger partial charge in [0.15, 0.2) is 0 Å². The van der Waals surface area contributed by atoms with Crippen LogP contribution in [-0.2, 0) is 13.5 Å². The van der Waals surface area contributed by atoms with E-state index in [0.717, 1.165) is 39.9 Å². The summed E-state index contributed by atoms with van der Waals surface area (Å²) in [6.07, 6.45) is 3.71. The number of benzene rings is 1. The Morgan fingerprint density at radius 2 is 2.25 bits per heavy atom. The van der Waals surface area contributed by atoms with Gasteiger partial charge >= 0.3 is 0 Å². The molecular weight excluding hydrogens is 318 g/mol. The number of fused-ring (bicyclic) bond motifs is 1. The standard InChI is InChI=1S/C15H18BrN3O/c1-3-13-11(8-19(2)18-13)15-7-12(17)10-6-9(16)4-5-14(10)20-15/h4-6,8,12,15H,3,7,17H2,1-2H3/t12-,15?/m1/s1. The van der Waals surface area contributed by atoms with Crippen molar-refractivity contribution >= 4 is 15.9 Å². The number of nitrogens with zero attached hydrogens (tertiary/aromatic N) is 2. The Morgan fingerprint density at radius 3 is 3.00 bits per heavy atom. The highest BCUT2D eigenvalue weighted by Crippen LogP contribution is 2.41. The van der Waals surface area contributed by atoms with Crippen molar-refractivity contribution in [3.63, 3.8) is 0 Å². The van der Waals surface area contributed by atoms with E-state index < -0.39 is 0 Å². The number of ether oxygens (including phenoxy) is 1. The Labute approximate surface area is 127 Å². The molecule has 0 radical (unpaired) electrons. The fourth-order valence-electron chi connectivity index (χ4n) is 2.76. The fraction of sp³-hybridized carbons (Fsp3) is 0.400. The van der Waals surface area contributed by atoms with E-state index in [1.165, 1.54) is 0 Å². The van der Waals surface area contributed by atoms with Crippen LogP contribution in [0.1, 0.15) is 42.3 Å². The molecule has 1 aliphatic heterocycles. The molecule has 1 aromatic carbocycles. The lowest BCUT2D eigenvalue weighted by Crippen LogP contribution is -2.24. The summed E-state index contributed by atoms with van der Waals surface area (Å²) >= 11 is 3.48. The molecule has 0 saturated heterocycles. The van der Waals surface area contributed by atoms with Crippen molar-refractivity contribution in [3.8, 4) is 5.75 Å². The molecule has 3 rings (SSSR count). The van der Waals surface area contributed by atoms with Crippen molar-refractivity contribution in [1.29, 1.82) is 0 Å². The number of aromatic nitrogens is 2. The summed E-state index contributed by atoms with van der Waals surface area (Å²) < 4.78 is 9.02. The van der Waals surface area contributed by atoms with Crippen LogP contribution in [0.15, 0.2) is 28.9 Å². The molecule has 0 amide bonds. The molecule has 2 heterocycles. The maximum atomic E-state index is 6.31. The topological polar surface area (TPSA) is 53.1 Å². The normalized spacial score (nSPS) is 21.4. The van der Waals surface area contributed by atoms with E-state index in [2.05, 4.69) is 28.0 Å². The molecule has 0 aliphatic carbocycles. The molecule has 1 aromatic heterocycles. The zero-order valence-electron chi connectivity index (χ0n) is 11.6. The summed E-state index contributed by atoms with van der Waals surface area (Å²) in [5.74, 6) is 0.878. The van der Waals surface area contributed by atoms with E-state index in [1.807, 2.05) is 36.1 Å². The average molecular weight is 336 g/mol. The predicted molar refractivity (Wildman–Crippen MR) is 81.6 cm³/mol. The van der Waals surface area contributed by atoms with Gasteiger partial charge in [0.25, 0.3) is 0 Å². The number of hydrogen-bond donors (Lipinski definition) is 1. The largest absolute Gasteiger partial charge is 0.485 e. The van der Waals surface area contributed by atoms with E-state index in [9.17, 15) is 0 Å². The van der Waals surface area contributed by atoms with Gasteiger partial charge < -0.3 is 10.5 Å². The van der Waals surface area contributed by atoms with Crippen LogP contribution in [0.25, 0.3) is 0 Å². The molecule has 0 fully saturated rings. The molecule has 1 aliphatic rings. The van der Waals surface area contributed by atoms with Gasteiger partial charge in [0.1, 0.15) is 11.9 Å². The van der Waals surface area contributed by atoms with Gasteiger partial charge in [-0.2, -0.15) is 5.10 Å². The Bertz CT molecular complexity index is 638. The van der Waals surface area contributed by atoms with Gasteiger partial charge in [0.2, 0.25) is 0 Å². The second-order valence-corrected chi connectivity index (χ2v) is 6.10. The molecule has 0 saturated carbocycles. The van der Waals surface area contributed by atoms with Crippen LogP contribution in [0, 0.1) is 0 Å². The second-order valence-electron chi connectivity index (χ2n) is 5.19. The number of nitrogens with two attached hydrogens (primary N) is 1. The van der Waals surface area contributed by atoms with E-state index >= 15 is 0 Å². The van der Waals surface area contributed by atoms with Gasteiger partial charge in [-0.3, -0.25) is 4.68 Å². The summed E-state index contributed by atoms with van der Waals surface area (Å²) in [6.45, 7) is 2.11. The smallest absolute Gasteiger partial charge is 0.129 e. The minimum absolute atomic E-state index is 0.00818. The Balaban J connectivity index is 1.96. The third-order valence-corrected chi connectivity index (χ3v) is 4.22. The van der Waals surface area contributed by atoms with Crippen molar-refractivity contribution in [1.82, 2.24) is 9.78 Å². The van der Waals surface area contributed by atoms with Crippen molar-refractivity contribution in [2.24, 2.45) is 12.8 Å². The van der Waals surface area contributed by atoms with E-state index in [4.69, 9.17) is 10.5 Å². The van der Waals surface area contributed by atoms with Crippen molar-refractivity contribution in [2.45, 2.75) is 31.9 Å². The van der Waals surface area contributed by atoms with E-state index in [1.54, 1.807) is 0 Å². The molecule has 106 valence electrons. The van der Waals surface area contributed by atoms with Crippen LogP contribution in [0.4, 0.5) is 0 Å². The van der Waals surface area contributed by atoms with Crippen LogP contribution < -0.4 is 10.5 Å². The minimum atomic E-state index is -0.0117. The van der Waals surface area contributed by atoms with Crippen LogP contribution >= 0.6 is 15.9 Å². The first-order valence-electron chi connectivity index (χ1n) is 6.82. The lowest BCUT2D eigenvalue weighted by Gasteiger charge is -2.30. The molecule has 4 nitrogen and oxygen atoms in total. The third-order valence-electron chi connectivity index (χ3n) is 3.73. The summed E-state index contributed by atoms with van der Waals surface area (Å²) in [6, 6.07) is 6.00. The summed E-state index contributed by atoms with van der Waals surface area (Å²) in [4.78, 5) is 0. The van der Waals surface area contributed by atoms with Crippen LogP contribution in [-0.4, -0.2) is 9.78 Å². The quantitative estimate of drug-likeness (QED) is 0.916. The molecule has 2 aromatic rings. The summed E-state index contributed by atoms with van der Waals surface area (Å²) in [5, 5.41) is 4.49. The third kappa shape index (κ3) is 2.36. The first-order chi connectivity index (χ1) is 9.58. The SMILES string of the molecule is CCc1nn(C)cc1C1C[C@@H](N)c2cc(Br)ccc2O1. The molecule has 2 N–H and O–H groups in total. The average Bonchev–Trinajstić information content (AvgIpc) is 2.80. The van der Waals surface area contributed by atoms with Crippen molar-refractivity contribution < 1.29 is 4.74 Å². The first kappa shape index (κ1) is 13.6. The zero-order valence-corrected chi connectivity index (χ0v) is 13.2. The molecular formula is C15H18BrN3O. The van der Waals surface area contributed by atoms with Gasteiger partial charge in [0, 0.05) is 41.3 Å². The van der Waals surface area contributed by atoms with Gasteiger partial charge in [-0.15, -0.1) is 0 Å². The minimum Gasteiger partial charge on any atom is -0.485 e. The van der Waals surface area contributed by atoms with Crippen LogP contribution in [0.5, 0.6) is 5.75 Å². The number of halogens is 1. The Kier molecular flexibility index (Phi) is 3.56. The van der Waals surface area contributed by atoms with Crippen molar-refractivity contribution in [3.05, 3.63) is 45.7 Å². The monoisotopic (exact) mass is 335 g/mol. The van der Waals surface area contributed by atoms with Crippen LogP contribution in [0.3, 0.4) is 0 Å². The molecule has 0 bridgehead atoms. The molecule has 0 spiro atoms. The lowest BCUT2D eigenvalue weighted by molar-refractivity contribution is 0.160. The highest BCUT2D eigenvalue weighted by atomic mass is 79.9. The highest BCUT2D eigenvalue weighted by molar-refractivity contribution is 9.10. The number of aryl methyl sites for hydroxylation is 2. The molecule has 20 heavy (non-hydrogen) atoms. The summed E-state index contributed by atoms with van der Waals surface area (Å²) in [7, 11) is 1.94. The van der Waals surface area contributed by atoms with Crippen LogP contribution in [0.2, 0.25) is 0 Å². The molecule has 2 atom stereocenters. The van der Waals surface area contributed by atoms with Crippen molar-refractivity contribution in [2.75, 3.05) is 0 Å². The maximum absolute atomic E-state index is 6.31. The first-order valence-corrected chi connectivity index (χ1v) is 7.62. The van der Waals surface area contributed by atoms with Gasteiger partial charge in [-0.25, -0.2) is 0 Å². The zero-order chi connectivity index (χ0) is 14.3. The number of hydrogen-bond acceptors (Lipinski definition) is 3. The Morgan fingerprint density at radius 1 is 1.45 bits per heavy atom. The molecule has 5 heteroatoms. The fourth-order valence-corrected chi connectivity index (χ4v) is 3.14. The summed E-state index contributed by atoms with van der Waals surface area (Å²) in [5.41, 5.74) is 9.62.